The first-order valence-electron chi connectivity index (χ1n) is 9.67. The van der Waals surface area contributed by atoms with E-state index in [4.69, 9.17) is 4.99 Å². The fourth-order valence-corrected chi connectivity index (χ4v) is 4.30. The minimum absolute atomic E-state index is 0.160. The molecule has 0 radical (unpaired) electrons. The quantitative estimate of drug-likeness (QED) is 0.278. The molecule has 4 rings (SSSR count). The molecular formula is C24H20BrN3O2S. The van der Waals surface area contributed by atoms with Crippen LogP contribution in [0, 0.1) is 0 Å². The van der Waals surface area contributed by atoms with E-state index in [-0.39, 0.29) is 11.5 Å². The van der Waals surface area contributed by atoms with E-state index in [1.807, 2.05) is 47.8 Å². The predicted molar refractivity (Wildman–Crippen MR) is 129 cm³/mol. The first kappa shape index (κ1) is 21.1. The monoisotopic (exact) mass is 493 g/mol. The van der Waals surface area contributed by atoms with Gasteiger partial charge < -0.3 is 10.2 Å². The Kier molecular flexibility index (Phi) is 6.64. The lowest BCUT2D eigenvalue weighted by Gasteiger charge is -2.05. The number of hydrogen-bond donors (Lipinski definition) is 2. The van der Waals surface area contributed by atoms with Crippen LogP contribution in [0.5, 0.6) is 11.5 Å². The molecule has 0 aliphatic carbocycles. The third-order valence-corrected chi connectivity index (χ3v) is 5.97. The molecule has 31 heavy (non-hydrogen) atoms. The third kappa shape index (κ3) is 5.31. The van der Waals surface area contributed by atoms with E-state index in [2.05, 4.69) is 33.2 Å². The van der Waals surface area contributed by atoms with Gasteiger partial charge in [-0.05, 0) is 47.9 Å². The van der Waals surface area contributed by atoms with Crippen molar-refractivity contribution in [2.24, 2.45) is 10.1 Å². The summed E-state index contributed by atoms with van der Waals surface area (Å²) in [7, 11) is 0. The summed E-state index contributed by atoms with van der Waals surface area (Å²) in [6.45, 7) is 0.651. The van der Waals surface area contributed by atoms with Crippen molar-refractivity contribution < 1.29 is 10.2 Å². The van der Waals surface area contributed by atoms with Crippen LogP contribution in [0.3, 0.4) is 0 Å². The number of benzene rings is 3. The van der Waals surface area contributed by atoms with Gasteiger partial charge in [-0.3, -0.25) is 4.99 Å². The first-order chi connectivity index (χ1) is 15.1. The number of phenolic OH excluding ortho intramolecular Hbond substituents is 2. The Hall–Kier alpha value is -3.16. The number of halogens is 1. The second-order valence-electron chi connectivity index (χ2n) is 6.84. The molecule has 0 aliphatic heterocycles. The van der Waals surface area contributed by atoms with Gasteiger partial charge in [0.1, 0.15) is 0 Å². The molecule has 1 aromatic heterocycles. The van der Waals surface area contributed by atoms with Gasteiger partial charge in [0.25, 0.3) is 0 Å². The van der Waals surface area contributed by atoms with E-state index in [1.165, 1.54) is 29.0 Å². The lowest BCUT2D eigenvalue weighted by molar-refractivity contribution is 0.403. The van der Waals surface area contributed by atoms with E-state index in [9.17, 15) is 10.2 Å². The van der Waals surface area contributed by atoms with Gasteiger partial charge >= 0.3 is 0 Å². The Morgan fingerprint density at radius 1 is 0.935 bits per heavy atom. The molecule has 2 N–H and O–H groups in total. The molecule has 0 saturated heterocycles. The van der Waals surface area contributed by atoms with E-state index < -0.39 is 0 Å². The Morgan fingerprint density at radius 3 is 2.55 bits per heavy atom. The van der Waals surface area contributed by atoms with Gasteiger partial charge in [0, 0.05) is 22.0 Å². The number of rotatable bonds is 6. The minimum Gasteiger partial charge on any atom is -0.504 e. The summed E-state index contributed by atoms with van der Waals surface area (Å²) >= 11 is 5.06. The van der Waals surface area contributed by atoms with Crippen LogP contribution in [-0.2, 0) is 6.42 Å². The Balaban J connectivity index is 1.70. The van der Waals surface area contributed by atoms with Crippen LogP contribution >= 0.6 is 27.3 Å². The summed E-state index contributed by atoms with van der Waals surface area (Å²) in [5, 5.41) is 26.0. The van der Waals surface area contributed by atoms with E-state index >= 15 is 0 Å². The van der Waals surface area contributed by atoms with Crippen molar-refractivity contribution in [1.29, 1.82) is 0 Å². The maximum atomic E-state index is 9.76. The molecule has 7 heteroatoms. The lowest BCUT2D eigenvalue weighted by Crippen LogP contribution is -2.13. The van der Waals surface area contributed by atoms with Gasteiger partial charge in [0.15, 0.2) is 11.5 Å². The fourth-order valence-electron chi connectivity index (χ4n) is 3.04. The van der Waals surface area contributed by atoms with Gasteiger partial charge in [0.05, 0.1) is 11.9 Å². The van der Waals surface area contributed by atoms with Crippen molar-refractivity contribution in [2.75, 3.05) is 6.54 Å². The van der Waals surface area contributed by atoms with E-state index in [0.717, 1.165) is 27.0 Å². The Morgan fingerprint density at radius 2 is 1.77 bits per heavy atom. The molecule has 1 heterocycles. The van der Waals surface area contributed by atoms with Crippen molar-refractivity contribution in [3.63, 3.8) is 0 Å². The molecule has 3 aromatic carbocycles. The summed E-state index contributed by atoms with van der Waals surface area (Å²) in [5.74, 6) is -0.342. The van der Waals surface area contributed by atoms with Crippen LogP contribution in [0.1, 0.15) is 11.1 Å². The van der Waals surface area contributed by atoms with E-state index in [0.29, 0.717) is 12.1 Å². The van der Waals surface area contributed by atoms with E-state index in [1.54, 1.807) is 17.0 Å². The van der Waals surface area contributed by atoms with Crippen molar-refractivity contribution in [1.82, 2.24) is 4.68 Å². The predicted octanol–water partition coefficient (Wildman–Crippen LogP) is 5.42. The average Bonchev–Trinajstić information content (AvgIpc) is 3.18. The third-order valence-electron chi connectivity index (χ3n) is 4.62. The molecule has 0 amide bonds. The molecule has 0 bridgehead atoms. The molecule has 0 saturated carbocycles. The second kappa shape index (κ2) is 9.76. The molecule has 0 fully saturated rings. The second-order valence-corrected chi connectivity index (χ2v) is 8.59. The Bertz CT molecular complexity index is 1280. The summed E-state index contributed by atoms with van der Waals surface area (Å²) < 4.78 is 2.79. The molecule has 156 valence electrons. The smallest absolute Gasteiger partial charge is 0.206 e. The molecule has 5 nitrogen and oxygen atoms in total. The maximum absolute atomic E-state index is 9.76. The van der Waals surface area contributed by atoms with Crippen LogP contribution in [-0.4, -0.2) is 27.6 Å². The summed E-state index contributed by atoms with van der Waals surface area (Å²) in [6.07, 6.45) is 2.49. The zero-order valence-electron chi connectivity index (χ0n) is 16.5. The van der Waals surface area contributed by atoms with Crippen molar-refractivity contribution in [3.8, 4) is 22.8 Å². The van der Waals surface area contributed by atoms with Crippen LogP contribution < -0.4 is 4.80 Å². The van der Waals surface area contributed by atoms with Gasteiger partial charge in [-0.25, -0.2) is 4.68 Å². The van der Waals surface area contributed by atoms with Gasteiger partial charge in [-0.2, -0.15) is 5.10 Å². The zero-order chi connectivity index (χ0) is 21.6. The number of aromatic hydroxyl groups is 2. The zero-order valence-corrected chi connectivity index (χ0v) is 18.9. The van der Waals surface area contributed by atoms with Crippen LogP contribution in [0.25, 0.3) is 11.3 Å². The lowest BCUT2D eigenvalue weighted by atomic mass is 10.2. The number of phenols is 2. The van der Waals surface area contributed by atoms with Crippen molar-refractivity contribution in [2.45, 2.75) is 6.42 Å². The number of aromatic nitrogens is 1. The van der Waals surface area contributed by atoms with Crippen LogP contribution in [0.4, 0.5) is 0 Å². The minimum atomic E-state index is -0.181. The van der Waals surface area contributed by atoms with Crippen molar-refractivity contribution in [3.05, 3.63) is 98.6 Å². The number of hydrogen-bond acceptors (Lipinski definition) is 5. The molecule has 0 aliphatic rings. The molecular weight excluding hydrogens is 474 g/mol. The summed E-state index contributed by atoms with van der Waals surface area (Å²) in [6, 6.07) is 22.9. The highest BCUT2D eigenvalue weighted by molar-refractivity contribution is 9.10. The highest BCUT2D eigenvalue weighted by Crippen LogP contribution is 2.25. The maximum Gasteiger partial charge on any atom is 0.206 e. The largest absolute Gasteiger partial charge is 0.504 e. The van der Waals surface area contributed by atoms with Gasteiger partial charge in [-0.15, -0.1) is 11.3 Å². The van der Waals surface area contributed by atoms with Crippen molar-refractivity contribution >= 4 is 33.5 Å². The van der Waals surface area contributed by atoms with Gasteiger partial charge in [-0.1, -0.05) is 58.4 Å². The molecule has 0 unspecified atom stereocenters. The SMILES string of the molecule is Oc1ccc(C=Nn2c(-c3cccc(Br)c3)csc2=NCCc2ccccc2)cc1O. The Labute approximate surface area is 192 Å². The molecule has 4 aromatic rings. The van der Waals surface area contributed by atoms with Gasteiger partial charge in [0.2, 0.25) is 4.80 Å². The first-order valence-corrected chi connectivity index (χ1v) is 11.3. The molecule has 0 spiro atoms. The standard InChI is InChI=1S/C24H20BrN3O2S/c25-20-8-4-7-19(14-20)21-16-31-24(26-12-11-17-5-2-1-3-6-17)28(21)27-15-18-9-10-22(29)23(30)13-18/h1-10,13-16,29-30H,11-12H2. The topological polar surface area (TPSA) is 70.1 Å². The average molecular weight is 494 g/mol. The molecule has 0 atom stereocenters. The summed E-state index contributed by atoms with van der Waals surface area (Å²) in [4.78, 5) is 5.56. The normalized spacial score (nSPS) is 12.0. The highest BCUT2D eigenvalue weighted by Gasteiger charge is 2.08. The summed E-state index contributed by atoms with van der Waals surface area (Å²) in [5.41, 5.74) is 3.85. The number of thiazole rings is 1. The fraction of sp³-hybridized carbons (Fsp3) is 0.0833. The van der Waals surface area contributed by atoms with Crippen LogP contribution in [0.2, 0.25) is 0 Å². The number of nitrogens with zero attached hydrogens (tertiary/aromatic N) is 3. The van der Waals surface area contributed by atoms with Crippen LogP contribution in [0.15, 0.2) is 92.7 Å². The highest BCUT2D eigenvalue weighted by atomic mass is 79.9.